The number of aliphatic hydroxyl groups excluding tert-OH is 1. The first-order chi connectivity index (χ1) is 9.52. The van der Waals surface area contributed by atoms with Gasteiger partial charge in [0.25, 0.3) is 0 Å². The van der Waals surface area contributed by atoms with Crippen molar-refractivity contribution in [2.24, 2.45) is 0 Å². The molecule has 3 nitrogen and oxygen atoms in total. The van der Waals surface area contributed by atoms with Gasteiger partial charge in [0.05, 0.1) is 13.2 Å². The van der Waals surface area contributed by atoms with Gasteiger partial charge in [-0.05, 0) is 62.4 Å². The average Bonchev–Trinajstić information content (AvgIpc) is 2.73. The number of ether oxygens (including phenoxy) is 1. The van der Waals surface area contributed by atoms with Gasteiger partial charge in [0.1, 0.15) is 5.75 Å². The van der Waals surface area contributed by atoms with Gasteiger partial charge in [-0.25, -0.2) is 0 Å². The van der Waals surface area contributed by atoms with Crippen molar-refractivity contribution in [3.63, 3.8) is 0 Å². The Balaban J connectivity index is 2.00. The van der Waals surface area contributed by atoms with Crippen LogP contribution < -0.4 is 4.74 Å². The van der Waals surface area contributed by atoms with Crippen LogP contribution in [0, 0.1) is 20.8 Å². The van der Waals surface area contributed by atoms with E-state index in [1.807, 2.05) is 31.2 Å². The highest BCUT2D eigenvalue weighted by Crippen LogP contribution is 2.25. The number of nitrogens with one attached hydrogen (secondary N) is 1. The van der Waals surface area contributed by atoms with E-state index in [0.29, 0.717) is 6.42 Å². The van der Waals surface area contributed by atoms with Crippen LogP contribution in [0.2, 0.25) is 0 Å². The van der Waals surface area contributed by atoms with Crippen LogP contribution in [0.3, 0.4) is 0 Å². The second-order valence-corrected chi connectivity index (χ2v) is 5.32. The summed E-state index contributed by atoms with van der Waals surface area (Å²) in [6.45, 7) is 6.19. The number of aromatic nitrogens is 1. The minimum atomic E-state index is -0.440. The largest absolute Gasteiger partial charge is 0.497 e. The fraction of sp³-hybridized carbons (Fsp3) is 0.412. The molecule has 0 saturated carbocycles. The van der Waals surface area contributed by atoms with Crippen LogP contribution in [0.25, 0.3) is 0 Å². The molecule has 0 amide bonds. The molecule has 108 valence electrons. The van der Waals surface area contributed by atoms with Gasteiger partial charge in [-0.1, -0.05) is 12.1 Å². The first-order valence-electron chi connectivity index (χ1n) is 6.99. The van der Waals surface area contributed by atoms with Gasteiger partial charge >= 0.3 is 0 Å². The van der Waals surface area contributed by atoms with E-state index in [2.05, 4.69) is 18.8 Å². The zero-order valence-corrected chi connectivity index (χ0v) is 12.7. The smallest absolute Gasteiger partial charge is 0.118 e. The first-order valence-corrected chi connectivity index (χ1v) is 6.99. The van der Waals surface area contributed by atoms with Crippen LogP contribution in [-0.2, 0) is 6.42 Å². The third-order valence-electron chi connectivity index (χ3n) is 4.05. The summed E-state index contributed by atoms with van der Waals surface area (Å²) in [6, 6.07) is 8.00. The van der Waals surface area contributed by atoms with E-state index in [1.54, 1.807) is 7.11 Å². The molecule has 2 aromatic rings. The number of H-pyrrole nitrogens is 1. The molecule has 2 N–H and O–H groups in total. The molecule has 1 unspecified atom stereocenters. The van der Waals surface area contributed by atoms with E-state index < -0.39 is 6.10 Å². The molecule has 0 bridgehead atoms. The second kappa shape index (κ2) is 6.14. The Morgan fingerprint density at radius 2 is 1.75 bits per heavy atom. The predicted molar refractivity (Wildman–Crippen MR) is 81.3 cm³/mol. The minimum Gasteiger partial charge on any atom is -0.497 e. The molecule has 0 saturated heterocycles. The van der Waals surface area contributed by atoms with Crippen molar-refractivity contribution in [2.75, 3.05) is 7.11 Å². The monoisotopic (exact) mass is 273 g/mol. The fourth-order valence-electron chi connectivity index (χ4n) is 2.45. The molecule has 0 fully saturated rings. The normalized spacial score (nSPS) is 12.4. The Labute approximate surface area is 120 Å². The Morgan fingerprint density at radius 1 is 1.10 bits per heavy atom. The molecule has 2 rings (SSSR count). The average molecular weight is 273 g/mol. The molecule has 1 heterocycles. The Hall–Kier alpha value is -1.74. The molecule has 0 aliphatic rings. The lowest BCUT2D eigenvalue weighted by Gasteiger charge is -2.11. The van der Waals surface area contributed by atoms with Gasteiger partial charge in [0.15, 0.2) is 0 Å². The molecule has 0 aliphatic carbocycles. The van der Waals surface area contributed by atoms with Crippen LogP contribution in [-0.4, -0.2) is 17.2 Å². The number of hydrogen-bond donors (Lipinski definition) is 2. The summed E-state index contributed by atoms with van der Waals surface area (Å²) in [5.74, 6) is 0.862. The molecular weight excluding hydrogens is 250 g/mol. The lowest BCUT2D eigenvalue weighted by molar-refractivity contribution is 0.163. The molecule has 0 radical (unpaired) electrons. The lowest BCUT2D eigenvalue weighted by Crippen LogP contribution is -2.02. The van der Waals surface area contributed by atoms with Crippen LogP contribution in [0.4, 0.5) is 0 Å². The van der Waals surface area contributed by atoms with Crippen molar-refractivity contribution in [1.82, 2.24) is 4.98 Å². The minimum absolute atomic E-state index is 0.440. The summed E-state index contributed by atoms with van der Waals surface area (Å²) in [6.07, 6.45) is 1.12. The third-order valence-corrected chi connectivity index (χ3v) is 4.05. The summed E-state index contributed by atoms with van der Waals surface area (Å²) >= 11 is 0. The SMILES string of the molecule is COc1ccc(CCC(O)c2[nH]c(C)c(C)c2C)cc1. The second-order valence-electron chi connectivity index (χ2n) is 5.32. The van der Waals surface area contributed by atoms with Crippen molar-refractivity contribution >= 4 is 0 Å². The predicted octanol–water partition coefficient (Wildman–Crippen LogP) is 3.61. The van der Waals surface area contributed by atoms with E-state index in [4.69, 9.17) is 4.74 Å². The van der Waals surface area contributed by atoms with E-state index >= 15 is 0 Å². The van der Waals surface area contributed by atoms with Crippen molar-refractivity contribution in [1.29, 1.82) is 0 Å². The summed E-state index contributed by atoms with van der Waals surface area (Å²) in [4.78, 5) is 3.30. The topological polar surface area (TPSA) is 45.2 Å². The summed E-state index contributed by atoms with van der Waals surface area (Å²) in [7, 11) is 1.66. The number of aromatic amines is 1. The molecule has 0 aliphatic heterocycles. The number of benzene rings is 1. The number of aryl methyl sites for hydroxylation is 2. The van der Waals surface area contributed by atoms with Crippen LogP contribution in [0.5, 0.6) is 5.75 Å². The fourth-order valence-corrected chi connectivity index (χ4v) is 2.45. The zero-order chi connectivity index (χ0) is 14.7. The summed E-state index contributed by atoms with van der Waals surface area (Å²) < 4.78 is 5.14. The molecule has 0 spiro atoms. The highest BCUT2D eigenvalue weighted by Gasteiger charge is 2.15. The van der Waals surface area contributed by atoms with Gasteiger partial charge in [0.2, 0.25) is 0 Å². The van der Waals surface area contributed by atoms with Crippen LogP contribution in [0.15, 0.2) is 24.3 Å². The number of methoxy groups -OCH3 is 1. The Kier molecular flexibility index (Phi) is 4.50. The number of hydrogen-bond acceptors (Lipinski definition) is 2. The van der Waals surface area contributed by atoms with Gasteiger partial charge in [-0.2, -0.15) is 0 Å². The zero-order valence-electron chi connectivity index (χ0n) is 12.7. The maximum Gasteiger partial charge on any atom is 0.118 e. The van der Waals surface area contributed by atoms with E-state index in [-0.39, 0.29) is 0 Å². The number of rotatable bonds is 5. The molecule has 20 heavy (non-hydrogen) atoms. The third kappa shape index (κ3) is 3.05. The molecule has 1 aromatic heterocycles. The van der Waals surface area contributed by atoms with E-state index in [9.17, 15) is 5.11 Å². The number of aliphatic hydroxyl groups is 1. The Bertz CT molecular complexity index is 569. The Morgan fingerprint density at radius 3 is 2.25 bits per heavy atom. The van der Waals surface area contributed by atoms with Gasteiger partial charge in [0, 0.05) is 11.4 Å². The van der Waals surface area contributed by atoms with Crippen molar-refractivity contribution in [3.8, 4) is 5.75 Å². The van der Waals surface area contributed by atoms with E-state index in [1.165, 1.54) is 16.7 Å². The first kappa shape index (κ1) is 14.7. The van der Waals surface area contributed by atoms with E-state index in [0.717, 1.165) is 23.6 Å². The van der Waals surface area contributed by atoms with Crippen molar-refractivity contribution in [3.05, 3.63) is 52.3 Å². The van der Waals surface area contributed by atoms with Crippen LogP contribution in [0.1, 0.15) is 40.6 Å². The molecule has 3 heteroatoms. The van der Waals surface area contributed by atoms with Crippen LogP contribution >= 0.6 is 0 Å². The highest BCUT2D eigenvalue weighted by atomic mass is 16.5. The lowest BCUT2D eigenvalue weighted by atomic mass is 10.0. The van der Waals surface area contributed by atoms with Gasteiger partial charge in [-0.15, -0.1) is 0 Å². The maximum absolute atomic E-state index is 10.3. The summed E-state index contributed by atoms with van der Waals surface area (Å²) in [5, 5.41) is 10.3. The quantitative estimate of drug-likeness (QED) is 0.874. The molecular formula is C17H23NO2. The molecule has 1 aromatic carbocycles. The van der Waals surface area contributed by atoms with Crippen molar-refractivity contribution < 1.29 is 9.84 Å². The van der Waals surface area contributed by atoms with Gasteiger partial charge in [-0.3, -0.25) is 0 Å². The summed E-state index contributed by atoms with van der Waals surface area (Å²) in [5.41, 5.74) is 5.71. The standard InChI is InChI=1S/C17H23NO2/c1-11-12(2)17(18-13(11)3)16(19)10-7-14-5-8-15(20-4)9-6-14/h5-6,8-9,16,18-19H,7,10H2,1-4H3. The van der Waals surface area contributed by atoms with Crippen molar-refractivity contribution in [2.45, 2.75) is 39.7 Å². The van der Waals surface area contributed by atoms with Gasteiger partial charge < -0.3 is 14.8 Å². The maximum atomic E-state index is 10.3. The molecule has 1 atom stereocenters. The highest BCUT2D eigenvalue weighted by molar-refractivity contribution is 5.35.